The predicted octanol–water partition coefficient (Wildman–Crippen LogP) is 3.57. The van der Waals surface area contributed by atoms with Gasteiger partial charge in [0.05, 0.1) is 11.9 Å². The normalized spacial score (nSPS) is 10.8. The summed E-state index contributed by atoms with van der Waals surface area (Å²) >= 11 is 0. The predicted molar refractivity (Wildman–Crippen MR) is 86.5 cm³/mol. The van der Waals surface area contributed by atoms with Crippen LogP contribution in [0, 0.1) is 6.92 Å². The number of nitrogens with zero attached hydrogens (tertiary/aromatic N) is 2. The SMILES string of the molecule is CNCc1cc(C)ccc1-n1cc(-c2ccccc2)cn1. The molecule has 0 atom stereocenters. The molecule has 0 saturated heterocycles. The van der Waals surface area contributed by atoms with Gasteiger partial charge in [-0.05, 0) is 31.2 Å². The zero-order valence-electron chi connectivity index (χ0n) is 12.4. The van der Waals surface area contributed by atoms with Gasteiger partial charge < -0.3 is 5.32 Å². The molecule has 0 aliphatic heterocycles. The molecule has 0 radical (unpaired) electrons. The van der Waals surface area contributed by atoms with E-state index in [0.717, 1.165) is 17.8 Å². The van der Waals surface area contributed by atoms with Crippen molar-refractivity contribution in [2.45, 2.75) is 13.5 Å². The molecule has 0 fully saturated rings. The van der Waals surface area contributed by atoms with Crippen molar-refractivity contribution in [1.29, 1.82) is 0 Å². The largest absolute Gasteiger partial charge is 0.316 e. The van der Waals surface area contributed by atoms with E-state index in [1.54, 1.807) is 0 Å². The minimum atomic E-state index is 0.831. The first-order chi connectivity index (χ1) is 10.3. The van der Waals surface area contributed by atoms with E-state index in [0.29, 0.717) is 0 Å². The van der Waals surface area contributed by atoms with Crippen LogP contribution in [0.4, 0.5) is 0 Å². The van der Waals surface area contributed by atoms with E-state index in [1.165, 1.54) is 16.7 Å². The molecular weight excluding hydrogens is 258 g/mol. The van der Waals surface area contributed by atoms with E-state index >= 15 is 0 Å². The highest BCUT2D eigenvalue weighted by Crippen LogP contribution is 2.22. The Hall–Kier alpha value is -2.39. The number of aryl methyl sites for hydroxylation is 1. The van der Waals surface area contributed by atoms with Gasteiger partial charge in [0, 0.05) is 18.3 Å². The molecule has 0 bridgehead atoms. The molecule has 0 aliphatic rings. The lowest BCUT2D eigenvalue weighted by atomic mass is 10.1. The second-order valence-corrected chi connectivity index (χ2v) is 5.20. The van der Waals surface area contributed by atoms with Crippen molar-refractivity contribution in [1.82, 2.24) is 15.1 Å². The van der Waals surface area contributed by atoms with E-state index in [-0.39, 0.29) is 0 Å². The molecule has 0 aliphatic carbocycles. The Labute approximate surface area is 125 Å². The van der Waals surface area contributed by atoms with Gasteiger partial charge in [0.15, 0.2) is 0 Å². The molecule has 1 N–H and O–H groups in total. The molecule has 3 aromatic rings. The van der Waals surface area contributed by atoms with Gasteiger partial charge in [-0.3, -0.25) is 0 Å². The fourth-order valence-corrected chi connectivity index (χ4v) is 2.50. The summed E-state index contributed by atoms with van der Waals surface area (Å²) in [4.78, 5) is 0. The Morgan fingerprint density at radius 3 is 2.62 bits per heavy atom. The van der Waals surface area contributed by atoms with Crippen LogP contribution >= 0.6 is 0 Å². The first-order valence-electron chi connectivity index (χ1n) is 7.12. The summed E-state index contributed by atoms with van der Waals surface area (Å²) in [5.41, 5.74) is 5.95. The van der Waals surface area contributed by atoms with Crippen molar-refractivity contribution in [3.8, 4) is 16.8 Å². The van der Waals surface area contributed by atoms with E-state index in [9.17, 15) is 0 Å². The summed E-state index contributed by atoms with van der Waals surface area (Å²) in [6.07, 6.45) is 4.00. The number of hydrogen-bond acceptors (Lipinski definition) is 2. The lowest BCUT2D eigenvalue weighted by Crippen LogP contribution is -2.09. The Morgan fingerprint density at radius 1 is 1.05 bits per heavy atom. The average Bonchev–Trinajstić information content (AvgIpc) is 2.98. The van der Waals surface area contributed by atoms with Gasteiger partial charge in [-0.2, -0.15) is 5.10 Å². The summed E-state index contributed by atoms with van der Waals surface area (Å²) in [7, 11) is 1.96. The maximum absolute atomic E-state index is 4.52. The lowest BCUT2D eigenvalue weighted by Gasteiger charge is -2.10. The van der Waals surface area contributed by atoms with Crippen LogP contribution in [-0.4, -0.2) is 16.8 Å². The molecule has 0 spiro atoms. The quantitative estimate of drug-likeness (QED) is 0.790. The van der Waals surface area contributed by atoms with Gasteiger partial charge >= 0.3 is 0 Å². The van der Waals surface area contributed by atoms with Crippen molar-refractivity contribution in [3.63, 3.8) is 0 Å². The van der Waals surface area contributed by atoms with Gasteiger partial charge in [-0.15, -0.1) is 0 Å². The van der Waals surface area contributed by atoms with Gasteiger partial charge in [0.25, 0.3) is 0 Å². The molecule has 0 amide bonds. The number of aromatic nitrogens is 2. The van der Waals surface area contributed by atoms with Crippen molar-refractivity contribution in [2.75, 3.05) is 7.05 Å². The van der Waals surface area contributed by atoms with Crippen LogP contribution in [0.3, 0.4) is 0 Å². The third-order valence-electron chi connectivity index (χ3n) is 3.54. The molecule has 3 heteroatoms. The minimum Gasteiger partial charge on any atom is -0.316 e. The maximum atomic E-state index is 4.52. The third-order valence-corrected chi connectivity index (χ3v) is 3.54. The fraction of sp³-hybridized carbons (Fsp3) is 0.167. The Kier molecular flexibility index (Phi) is 3.84. The van der Waals surface area contributed by atoms with Gasteiger partial charge in [0.2, 0.25) is 0 Å². The third kappa shape index (κ3) is 2.88. The van der Waals surface area contributed by atoms with Crippen molar-refractivity contribution < 1.29 is 0 Å². The molecule has 1 aromatic heterocycles. The van der Waals surface area contributed by atoms with Crippen molar-refractivity contribution in [2.24, 2.45) is 0 Å². The molecule has 106 valence electrons. The second kappa shape index (κ2) is 5.94. The number of rotatable bonds is 4. The van der Waals surface area contributed by atoms with Crippen LogP contribution in [0.25, 0.3) is 16.8 Å². The van der Waals surface area contributed by atoms with Gasteiger partial charge in [0.1, 0.15) is 0 Å². The molecule has 3 nitrogen and oxygen atoms in total. The minimum absolute atomic E-state index is 0.831. The zero-order valence-corrected chi connectivity index (χ0v) is 12.4. The highest BCUT2D eigenvalue weighted by molar-refractivity contribution is 5.62. The summed E-state index contributed by atoms with van der Waals surface area (Å²) in [5.74, 6) is 0. The highest BCUT2D eigenvalue weighted by atomic mass is 15.3. The van der Waals surface area contributed by atoms with Crippen LogP contribution in [0.15, 0.2) is 60.9 Å². The highest BCUT2D eigenvalue weighted by Gasteiger charge is 2.07. The first-order valence-corrected chi connectivity index (χ1v) is 7.12. The first kappa shape index (κ1) is 13.6. The topological polar surface area (TPSA) is 29.9 Å². The van der Waals surface area contributed by atoms with Gasteiger partial charge in [-0.25, -0.2) is 4.68 Å². The number of benzene rings is 2. The van der Waals surface area contributed by atoms with Crippen LogP contribution < -0.4 is 5.32 Å². The Morgan fingerprint density at radius 2 is 1.86 bits per heavy atom. The fourth-order valence-electron chi connectivity index (χ4n) is 2.50. The van der Waals surface area contributed by atoms with Crippen LogP contribution in [0.2, 0.25) is 0 Å². The van der Waals surface area contributed by atoms with Gasteiger partial charge in [-0.1, -0.05) is 48.0 Å². The average molecular weight is 277 g/mol. The summed E-state index contributed by atoms with van der Waals surface area (Å²) < 4.78 is 1.95. The van der Waals surface area contributed by atoms with E-state index < -0.39 is 0 Å². The molecule has 3 rings (SSSR count). The molecule has 1 heterocycles. The van der Waals surface area contributed by atoms with E-state index in [4.69, 9.17) is 0 Å². The smallest absolute Gasteiger partial charge is 0.0690 e. The maximum Gasteiger partial charge on any atom is 0.0690 e. The zero-order chi connectivity index (χ0) is 14.7. The van der Waals surface area contributed by atoms with Crippen molar-refractivity contribution >= 4 is 0 Å². The van der Waals surface area contributed by atoms with E-state index in [1.807, 2.05) is 36.1 Å². The van der Waals surface area contributed by atoms with E-state index in [2.05, 4.69) is 53.9 Å². The Bertz CT molecular complexity index is 729. The van der Waals surface area contributed by atoms with Crippen LogP contribution in [0.5, 0.6) is 0 Å². The Balaban J connectivity index is 2.00. The molecular formula is C18H19N3. The number of hydrogen-bond donors (Lipinski definition) is 1. The van der Waals surface area contributed by atoms with Crippen LogP contribution in [0.1, 0.15) is 11.1 Å². The summed E-state index contributed by atoms with van der Waals surface area (Å²) in [5, 5.41) is 7.74. The van der Waals surface area contributed by atoms with Crippen molar-refractivity contribution in [3.05, 3.63) is 72.1 Å². The lowest BCUT2D eigenvalue weighted by molar-refractivity contribution is 0.788. The second-order valence-electron chi connectivity index (χ2n) is 5.20. The molecule has 2 aromatic carbocycles. The van der Waals surface area contributed by atoms with Crippen LogP contribution in [-0.2, 0) is 6.54 Å². The molecule has 21 heavy (non-hydrogen) atoms. The molecule has 0 saturated carbocycles. The summed E-state index contributed by atoms with van der Waals surface area (Å²) in [6, 6.07) is 16.8. The summed E-state index contributed by atoms with van der Waals surface area (Å²) in [6.45, 7) is 2.94. The standard InChI is InChI=1S/C18H19N3/c1-14-8-9-18(16(10-14)11-19-2)21-13-17(12-20-21)15-6-4-3-5-7-15/h3-10,12-13,19H,11H2,1-2H3. The number of nitrogens with one attached hydrogen (secondary N) is 1. The monoisotopic (exact) mass is 277 g/mol. The molecule has 0 unspecified atom stereocenters.